The van der Waals surface area contributed by atoms with Gasteiger partial charge in [-0.05, 0) is 61.4 Å². The minimum atomic E-state index is -0.442. The Balaban J connectivity index is 1.05. The number of fused-ring (bicyclic) bond motifs is 1. The summed E-state index contributed by atoms with van der Waals surface area (Å²) in [5.74, 6) is 0.586. The third-order valence-electron chi connectivity index (χ3n) is 7.99. The maximum Gasteiger partial charge on any atom is 0.255 e. The lowest BCUT2D eigenvalue weighted by molar-refractivity contribution is -0.126. The minimum Gasteiger partial charge on any atom is -0.489 e. The lowest BCUT2D eigenvalue weighted by Crippen LogP contribution is -2.58. The van der Waals surface area contributed by atoms with Crippen molar-refractivity contribution in [3.8, 4) is 5.75 Å². The van der Waals surface area contributed by atoms with Crippen LogP contribution in [0.3, 0.4) is 0 Å². The molecule has 1 aliphatic carbocycles. The molecule has 6 rings (SSSR count). The molecule has 0 spiro atoms. The normalized spacial score (nSPS) is 26.6. The predicted molar refractivity (Wildman–Crippen MR) is 135 cm³/mol. The van der Waals surface area contributed by atoms with Crippen LogP contribution in [0.15, 0.2) is 60.8 Å². The highest BCUT2D eigenvalue weighted by Gasteiger charge is 2.41. The third-order valence-corrected chi connectivity index (χ3v) is 7.99. The number of nitrogens with one attached hydrogen (secondary N) is 1. The molecule has 2 aromatic carbocycles. The van der Waals surface area contributed by atoms with Crippen LogP contribution in [0.2, 0.25) is 0 Å². The molecule has 1 N–H and O–H groups in total. The second-order valence-corrected chi connectivity index (χ2v) is 10.4. The molecule has 3 aliphatic heterocycles. The van der Waals surface area contributed by atoms with Crippen LogP contribution in [-0.2, 0) is 22.7 Å². The molecule has 36 heavy (non-hydrogen) atoms. The number of hydrogen-bond donors (Lipinski definition) is 1. The summed E-state index contributed by atoms with van der Waals surface area (Å²) in [6, 6.07) is 16.0. The summed E-state index contributed by atoms with van der Waals surface area (Å²) in [7, 11) is 0. The second kappa shape index (κ2) is 9.71. The SMILES string of the molecule is C=C1CCC(N2Cc3cc(O[C@@H]4CCC[C@H]4N4CC(OCc5ccccc5)C4)ccc3C2=O)C(=O)N1. The van der Waals surface area contributed by atoms with Crippen molar-refractivity contribution in [1.29, 1.82) is 0 Å². The zero-order chi connectivity index (χ0) is 24.6. The van der Waals surface area contributed by atoms with E-state index in [4.69, 9.17) is 9.47 Å². The van der Waals surface area contributed by atoms with Gasteiger partial charge in [-0.25, -0.2) is 0 Å². The fraction of sp³-hybridized carbons (Fsp3) is 0.448. The van der Waals surface area contributed by atoms with Gasteiger partial charge in [0.1, 0.15) is 17.9 Å². The van der Waals surface area contributed by atoms with Gasteiger partial charge in [0.2, 0.25) is 5.91 Å². The molecular weight excluding hydrogens is 454 g/mol. The lowest BCUT2D eigenvalue weighted by atomic mass is 10.0. The zero-order valence-corrected chi connectivity index (χ0v) is 20.5. The summed E-state index contributed by atoms with van der Waals surface area (Å²) in [5, 5.41) is 2.79. The molecule has 3 atom stereocenters. The molecule has 0 radical (unpaired) electrons. The fourth-order valence-electron chi connectivity index (χ4n) is 5.97. The first kappa shape index (κ1) is 23.3. The van der Waals surface area contributed by atoms with Crippen LogP contribution in [-0.4, -0.2) is 59.0 Å². The molecule has 2 amide bonds. The third kappa shape index (κ3) is 4.53. The average Bonchev–Trinajstić information content (AvgIpc) is 3.43. The molecule has 0 aromatic heterocycles. The minimum absolute atomic E-state index is 0.0786. The molecule has 7 nitrogen and oxygen atoms in total. The number of ether oxygens (including phenoxy) is 2. The van der Waals surface area contributed by atoms with Crippen LogP contribution in [0, 0.1) is 0 Å². The Kier molecular flexibility index (Phi) is 6.27. The van der Waals surface area contributed by atoms with E-state index in [-0.39, 0.29) is 24.0 Å². The summed E-state index contributed by atoms with van der Waals surface area (Å²) in [5.41, 5.74) is 3.53. The van der Waals surface area contributed by atoms with Gasteiger partial charge in [0.05, 0.1) is 12.7 Å². The van der Waals surface area contributed by atoms with E-state index in [9.17, 15) is 9.59 Å². The largest absolute Gasteiger partial charge is 0.489 e. The zero-order valence-electron chi connectivity index (χ0n) is 20.5. The highest BCUT2D eigenvalue weighted by Crippen LogP contribution is 2.35. The highest BCUT2D eigenvalue weighted by molar-refractivity contribution is 6.01. The number of hydrogen-bond acceptors (Lipinski definition) is 5. The standard InChI is InChI=1S/C29H33N3O4/c1-19-10-13-26(28(33)30-19)32-15-21-14-22(11-12-24(21)29(32)34)36-27-9-5-8-25(27)31-16-23(17-31)35-18-20-6-3-2-4-7-20/h2-4,6-7,11-12,14,23,25-27H,1,5,8-10,13,15-18H2,(H,30,33)/t25-,26?,27-/m1/s1. The number of carbonyl (C=O) groups is 2. The first-order valence-corrected chi connectivity index (χ1v) is 13.0. The van der Waals surface area contributed by atoms with Gasteiger partial charge in [-0.15, -0.1) is 0 Å². The number of piperidine rings is 1. The first-order chi connectivity index (χ1) is 17.5. The average molecular weight is 488 g/mol. The van der Waals surface area contributed by atoms with Gasteiger partial charge in [-0.1, -0.05) is 36.9 Å². The van der Waals surface area contributed by atoms with E-state index in [1.165, 1.54) is 5.56 Å². The Hall–Kier alpha value is -3.16. The van der Waals surface area contributed by atoms with Crippen molar-refractivity contribution >= 4 is 11.8 Å². The number of carbonyl (C=O) groups excluding carboxylic acids is 2. The first-order valence-electron chi connectivity index (χ1n) is 13.0. The van der Waals surface area contributed by atoms with E-state index in [0.717, 1.165) is 49.4 Å². The van der Waals surface area contributed by atoms with Crippen molar-refractivity contribution < 1.29 is 19.1 Å². The van der Waals surface area contributed by atoms with Gasteiger partial charge in [-0.3, -0.25) is 14.5 Å². The van der Waals surface area contributed by atoms with Gasteiger partial charge in [0.25, 0.3) is 5.91 Å². The van der Waals surface area contributed by atoms with Crippen LogP contribution < -0.4 is 10.1 Å². The van der Waals surface area contributed by atoms with Gasteiger partial charge >= 0.3 is 0 Å². The van der Waals surface area contributed by atoms with Crippen LogP contribution in [0.5, 0.6) is 5.75 Å². The Bertz CT molecular complexity index is 1160. The van der Waals surface area contributed by atoms with Crippen molar-refractivity contribution in [2.24, 2.45) is 0 Å². The second-order valence-electron chi connectivity index (χ2n) is 10.4. The quantitative estimate of drug-likeness (QED) is 0.646. The maximum atomic E-state index is 13.0. The molecule has 188 valence electrons. The Morgan fingerprint density at radius 3 is 2.67 bits per heavy atom. The molecule has 2 saturated heterocycles. The van der Waals surface area contributed by atoms with E-state index < -0.39 is 6.04 Å². The molecule has 1 saturated carbocycles. The molecule has 0 bridgehead atoms. The van der Waals surface area contributed by atoms with Gasteiger partial charge in [0.15, 0.2) is 0 Å². The smallest absolute Gasteiger partial charge is 0.255 e. The summed E-state index contributed by atoms with van der Waals surface area (Å²) >= 11 is 0. The number of rotatable bonds is 7. The van der Waals surface area contributed by atoms with Crippen LogP contribution >= 0.6 is 0 Å². The van der Waals surface area contributed by atoms with Crippen LogP contribution in [0.25, 0.3) is 0 Å². The van der Waals surface area contributed by atoms with Crippen LogP contribution in [0.1, 0.15) is 53.6 Å². The number of allylic oxidation sites excluding steroid dienone is 1. The molecule has 3 heterocycles. The molecule has 1 unspecified atom stereocenters. The van der Waals surface area contributed by atoms with Crippen molar-refractivity contribution in [2.45, 2.75) is 69.5 Å². The van der Waals surface area contributed by atoms with Crippen molar-refractivity contribution in [3.63, 3.8) is 0 Å². The van der Waals surface area contributed by atoms with Gasteiger partial charge < -0.3 is 19.7 Å². The van der Waals surface area contributed by atoms with Gasteiger partial charge in [-0.2, -0.15) is 0 Å². The Labute approximate surface area is 212 Å². The summed E-state index contributed by atoms with van der Waals surface area (Å²) in [6.45, 7) is 6.83. The fourth-order valence-corrected chi connectivity index (χ4v) is 5.97. The Morgan fingerprint density at radius 1 is 1.03 bits per heavy atom. The van der Waals surface area contributed by atoms with E-state index in [0.29, 0.717) is 37.6 Å². The molecule has 7 heteroatoms. The molecular formula is C29H33N3O4. The molecule has 2 aromatic rings. The number of amides is 2. The summed E-state index contributed by atoms with van der Waals surface area (Å²) < 4.78 is 12.6. The maximum absolute atomic E-state index is 13.0. The summed E-state index contributed by atoms with van der Waals surface area (Å²) in [6.07, 6.45) is 5.05. The van der Waals surface area contributed by atoms with Crippen molar-refractivity contribution in [1.82, 2.24) is 15.1 Å². The monoisotopic (exact) mass is 487 g/mol. The van der Waals surface area contributed by atoms with E-state index >= 15 is 0 Å². The lowest BCUT2D eigenvalue weighted by Gasteiger charge is -2.44. The van der Waals surface area contributed by atoms with Gasteiger partial charge in [0, 0.05) is 36.9 Å². The van der Waals surface area contributed by atoms with Crippen molar-refractivity contribution in [3.05, 3.63) is 77.5 Å². The summed E-state index contributed by atoms with van der Waals surface area (Å²) in [4.78, 5) is 29.6. The molecule has 3 fully saturated rings. The van der Waals surface area contributed by atoms with E-state index in [1.54, 1.807) is 4.90 Å². The number of nitrogens with zero attached hydrogens (tertiary/aromatic N) is 2. The number of benzene rings is 2. The topological polar surface area (TPSA) is 71.1 Å². The van der Waals surface area contributed by atoms with Crippen LogP contribution in [0.4, 0.5) is 0 Å². The highest BCUT2D eigenvalue weighted by atomic mass is 16.5. The van der Waals surface area contributed by atoms with E-state index in [1.807, 2.05) is 36.4 Å². The Morgan fingerprint density at radius 2 is 1.86 bits per heavy atom. The van der Waals surface area contributed by atoms with Crippen molar-refractivity contribution in [2.75, 3.05) is 13.1 Å². The predicted octanol–water partition coefficient (Wildman–Crippen LogP) is 3.64. The van der Waals surface area contributed by atoms with E-state index in [2.05, 4.69) is 28.9 Å². The number of likely N-dealkylation sites (tertiary alicyclic amines) is 1. The molecule has 4 aliphatic rings.